The topological polar surface area (TPSA) is 36.1 Å². The number of hydrogen-bond acceptors (Lipinski definition) is 2. The van der Waals surface area contributed by atoms with Crippen LogP contribution in [0.3, 0.4) is 0 Å². The van der Waals surface area contributed by atoms with Crippen LogP contribution in [-0.2, 0) is 0 Å². The first-order valence-corrected chi connectivity index (χ1v) is 6.58. The monoisotopic (exact) mass is 291 g/mol. The van der Waals surface area contributed by atoms with Crippen molar-refractivity contribution < 1.29 is 0 Å². The molecule has 0 bridgehead atoms. The summed E-state index contributed by atoms with van der Waals surface area (Å²) in [5.41, 5.74) is 8.76. The molecule has 3 nitrogen and oxygen atoms in total. The number of halogens is 1. The normalized spacial score (nSPS) is 9.79. The Morgan fingerprint density at radius 1 is 1.05 bits per heavy atom. The second-order valence-corrected chi connectivity index (χ2v) is 4.87. The van der Waals surface area contributed by atoms with E-state index in [2.05, 4.69) is 16.2 Å². The van der Waals surface area contributed by atoms with E-state index in [1.807, 2.05) is 55.5 Å². The van der Waals surface area contributed by atoms with Gasteiger partial charge >= 0.3 is 0 Å². The number of para-hydroxylation sites is 1. The smallest absolute Gasteiger partial charge is 0.189 e. The first-order valence-electron chi connectivity index (χ1n) is 5.79. The van der Waals surface area contributed by atoms with Crippen molar-refractivity contribution in [2.75, 3.05) is 10.7 Å². The molecule has 0 aliphatic heterocycles. The van der Waals surface area contributed by atoms with Gasteiger partial charge in [-0.15, -0.1) is 0 Å². The van der Waals surface area contributed by atoms with Gasteiger partial charge in [-0.05, 0) is 43.4 Å². The van der Waals surface area contributed by atoms with E-state index in [9.17, 15) is 0 Å². The number of hydrogen-bond donors (Lipinski definition) is 3. The SMILES string of the molecule is Cc1ccc(NC(=S)NNc2ccccc2Cl)cc1. The summed E-state index contributed by atoms with van der Waals surface area (Å²) < 4.78 is 0. The van der Waals surface area contributed by atoms with Gasteiger partial charge in [0.05, 0.1) is 10.7 Å². The van der Waals surface area contributed by atoms with Gasteiger partial charge in [-0.1, -0.05) is 41.4 Å². The Hall–Kier alpha value is -1.78. The van der Waals surface area contributed by atoms with Gasteiger partial charge in [0.25, 0.3) is 0 Å². The molecule has 0 heterocycles. The fraction of sp³-hybridized carbons (Fsp3) is 0.0714. The third-order valence-corrected chi connectivity index (χ3v) is 3.03. The van der Waals surface area contributed by atoms with E-state index in [1.165, 1.54) is 5.56 Å². The van der Waals surface area contributed by atoms with Gasteiger partial charge < -0.3 is 5.32 Å². The summed E-state index contributed by atoms with van der Waals surface area (Å²) >= 11 is 11.2. The lowest BCUT2D eigenvalue weighted by molar-refractivity contribution is 1.14. The van der Waals surface area contributed by atoms with Crippen LogP contribution >= 0.6 is 23.8 Å². The Morgan fingerprint density at radius 2 is 1.74 bits per heavy atom. The second kappa shape index (κ2) is 6.41. The molecule has 2 rings (SSSR count). The van der Waals surface area contributed by atoms with E-state index < -0.39 is 0 Å². The fourth-order valence-electron chi connectivity index (χ4n) is 1.49. The molecule has 0 fully saturated rings. The highest BCUT2D eigenvalue weighted by atomic mass is 35.5. The summed E-state index contributed by atoms with van der Waals surface area (Å²) in [6, 6.07) is 15.4. The molecule has 0 saturated carbocycles. The van der Waals surface area contributed by atoms with Crippen molar-refractivity contribution >= 4 is 40.3 Å². The maximum Gasteiger partial charge on any atom is 0.189 e. The summed E-state index contributed by atoms with van der Waals surface area (Å²) in [6.45, 7) is 2.04. The lowest BCUT2D eigenvalue weighted by Gasteiger charge is -2.13. The molecule has 98 valence electrons. The van der Waals surface area contributed by atoms with Gasteiger partial charge in [-0.25, -0.2) is 0 Å². The van der Waals surface area contributed by atoms with Crippen LogP contribution in [0.1, 0.15) is 5.56 Å². The van der Waals surface area contributed by atoms with Gasteiger partial charge in [0.2, 0.25) is 0 Å². The van der Waals surface area contributed by atoms with Crippen molar-refractivity contribution in [3.63, 3.8) is 0 Å². The number of thiocarbonyl (C=S) groups is 1. The highest BCUT2D eigenvalue weighted by Crippen LogP contribution is 2.19. The Bertz CT molecular complexity index is 569. The zero-order valence-corrected chi connectivity index (χ0v) is 12.0. The molecular weight excluding hydrogens is 278 g/mol. The molecule has 0 radical (unpaired) electrons. The zero-order chi connectivity index (χ0) is 13.7. The number of rotatable bonds is 3. The highest BCUT2D eigenvalue weighted by molar-refractivity contribution is 7.80. The predicted molar refractivity (Wildman–Crippen MR) is 85.6 cm³/mol. The number of nitrogens with one attached hydrogen (secondary N) is 3. The number of benzene rings is 2. The highest BCUT2D eigenvalue weighted by Gasteiger charge is 1.99. The molecule has 3 N–H and O–H groups in total. The van der Waals surface area contributed by atoms with Crippen LogP contribution in [0.5, 0.6) is 0 Å². The van der Waals surface area contributed by atoms with E-state index in [1.54, 1.807) is 0 Å². The molecular formula is C14H14ClN3S. The minimum Gasteiger partial charge on any atom is -0.331 e. The Kier molecular flexibility index (Phi) is 4.60. The molecule has 2 aromatic carbocycles. The van der Waals surface area contributed by atoms with E-state index in [0.717, 1.165) is 11.4 Å². The third-order valence-electron chi connectivity index (χ3n) is 2.49. The third kappa shape index (κ3) is 4.12. The van der Waals surface area contributed by atoms with Crippen molar-refractivity contribution in [2.45, 2.75) is 6.92 Å². The fourth-order valence-corrected chi connectivity index (χ4v) is 1.84. The molecule has 0 spiro atoms. The van der Waals surface area contributed by atoms with E-state index in [0.29, 0.717) is 10.1 Å². The molecule has 19 heavy (non-hydrogen) atoms. The molecule has 0 aromatic heterocycles. The van der Waals surface area contributed by atoms with Crippen molar-refractivity contribution in [1.82, 2.24) is 5.43 Å². The molecule has 0 atom stereocenters. The van der Waals surface area contributed by atoms with Gasteiger partial charge in [0, 0.05) is 5.69 Å². The summed E-state index contributed by atoms with van der Waals surface area (Å²) in [4.78, 5) is 0. The average Bonchev–Trinajstić information content (AvgIpc) is 2.40. The van der Waals surface area contributed by atoms with Crippen LogP contribution in [0.25, 0.3) is 0 Å². The molecule has 0 amide bonds. The van der Waals surface area contributed by atoms with E-state index >= 15 is 0 Å². The van der Waals surface area contributed by atoms with E-state index in [-0.39, 0.29) is 0 Å². The van der Waals surface area contributed by atoms with Crippen LogP contribution in [0.15, 0.2) is 48.5 Å². The van der Waals surface area contributed by atoms with Gasteiger partial charge in [-0.2, -0.15) is 0 Å². The summed E-state index contributed by atoms with van der Waals surface area (Å²) in [5.74, 6) is 0. The molecule has 0 saturated heterocycles. The molecule has 0 aliphatic carbocycles. The van der Waals surface area contributed by atoms with Gasteiger partial charge in [0.1, 0.15) is 0 Å². The Balaban J connectivity index is 1.88. The maximum absolute atomic E-state index is 6.02. The van der Waals surface area contributed by atoms with Crippen LogP contribution < -0.4 is 16.2 Å². The first-order chi connectivity index (χ1) is 9.15. The number of anilines is 2. The average molecular weight is 292 g/mol. The molecule has 0 unspecified atom stereocenters. The summed E-state index contributed by atoms with van der Waals surface area (Å²) in [5, 5.41) is 4.18. The minimum atomic E-state index is 0.476. The molecule has 5 heteroatoms. The standard InChI is InChI=1S/C14H14ClN3S/c1-10-6-8-11(9-7-10)16-14(19)18-17-13-5-3-2-4-12(13)15/h2-9,17H,1H3,(H2,16,18,19). The Labute approximate surface area is 123 Å². The lowest BCUT2D eigenvalue weighted by atomic mass is 10.2. The van der Waals surface area contributed by atoms with Crippen molar-refractivity contribution in [3.8, 4) is 0 Å². The quantitative estimate of drug-likeness (QED) is 0.591. The summed E-state index contributed by atoms with van der Waals surface area (Å²) in [7, 11) is 0. The molecule has 2 aromatic rings. The predicted octanol–water partition coefficient (Wildman–Crippen LogP) is 3.96. The van der Waals surface area contributed by atoms with Gasteiger partial charge in [-0.3, -0.25) is 10.9 Å². The van der Waals surface area contributed by atoms with Crippen LogP contribution in [0, 0.1) is 6.92 Å². The zero-order valence-electron chi connectivity index (χ0n) is 10.4. The number of aryl methyl sites for hydroxylation is 1. The van der Waals surface area contributed by atoms with Crippen molar-refractivity contribution in [1.29, 1.82) is 0 Å². The summed E-state index contributed by atoms with van der Waals surface area (Å²) in [6.07, 6.45) is 0. The van der Waals surface area contributed by atoms with Crippen LogP contribution in [-0.4, -0.2) is 5.11 Å². The van der Waals surface area contributed by atoms with Crippen molar-refractivity contribution in [3.05, 3.63) is 59.1 Å². The minimum absolute atomic E-state index is 0.476. The van der Waals surface area contributed by atoms with Crippen LogP contribution in [0.2, 0.25) is 5.02 Å². The van der Waals surface area contributed by atoms with Gasteiger partial charge in [0.15, 0.2) is 5.11 Å². The lowest BCUT2D eigenvalue weighted by Crippen LogP contribution is -2.33. The maximum atomic E-state index is 6.02. The molecule has 0 aliphatic rings. The Morgan fingerprint density at radius 3 is 2.42 bits per heavy atom. The number of hydrazine groups is 1. The van der Waals surface area contributed by atoms with Crippen LogP contribution in [0.4, 0.5) is 11.4 Å². The second-order valence-electron chi connectivity index (χ2n) is 4.05. The van der Waals surface area contributed by atoms with Crippen molar-refractivity contribution in [2.24, 2.45) is 0 Å². The first kappa shape index (κ1) is 13.6. The largest absolute Gasteiger partial charge is 0.331 e. The van der Waals surface area contributed by atoms with E-state index in [4.69, 9.17) is 23.8 Å².